The first kappa shape index (κ1) is 10.7. The zero-order valence-corrected chi connectivity index (χ0v) is 9.66. The highest BCUT2D eigenvalue weighted by Crippen LogP contribution is 2.45. The second kappa shape index (κ2) is 3.97. The van der Waals surface area contributed by atoms with Crippen molar-refractivity contribution in [2.45, 2.75) is 45.1 Å². The van der Waals surface area contributed by atoms with Gasteiger partial charge in [-0.1, -0.05) is 37.6 Å². The van der Waals surface area contributed by atoms with Crippen molar-refractivity contribution in [1.29, 1.82) is 0 Å². The second-order valence-corrected chi connectivity index (χ2v) is 4.87. The van der Waals surface area contributed by atoms with E-state index in [1.54, 1.807) is 0 Å². The van der Waals surface area contributed by atoms with E-state index in [9.17, 15) is 5.11 Å². The molecule has 1 aliphatic rings. The number of hydrogen-bond donors (Lipinski definition) is 1. The lowest BCUT2D eigenvalue weighted by Crippen LogP contribution is -2.23. The normalized spacial score (nSPS) is 19.9. The Bertz CT molecular complexity index is 320. The smallest absolute Gasteiger partial charge is 0.0896 e. The Morgan fingerprint density at radius 1 is 1.27 bits per heavy atom. The van der Waals surface area contributed by atoms with Crippen molar-refractivity contribution in [3.05, 3.63) is 35.4 Å². The predicted molar refractivity (Wildman–Crippen MR) is 62.7 cm³/mol. The summed E-state index contributed by atoms with van der Waals surface area (Å²) in [6.07, 6.45) is 4.65. The van der Waals surface area contributed by atoms with Gasteiger partial charge in [-0.05, 0) is 43.2 Å². The van der Waals surface area contributed by atoms with Gasteiger partial charge in [0.05, 0.1) is 5.60 Å². The molecule has 1 aliphatic carbocycles. The van der Waals surface area contributed by atoms with Crippen molar-refractivity contribution in [3.63, 3.8) is 0 Å². The van der Waals surface area contributed by atoms with Gasteiger partial charge in [0.25, 0.3) is 0 Å². The van der Waals surface area contributed by atoms with Gasteiger partial charge in [-0.15, -0.1) is 0 Å². The molecule has 0 unspecified atom stereocenters. The summed E-state index contributed by atoms with van der Waals surface area (Å²) in [5, 5.41) is 10.3. The van der Waals surface area contributed by atoms with Gasteiger partial charge in [-0.3, -0.25) is 0 Å². The first-order chi connectivity index (χ1) is 7.14. The van der Waals surface area contributed by atoms with Gasteiger partial charge in [0, 0.05) is 0 Å². The summed E-state index contributed by atoms with van der Waals surface area (Å²) < 4.78 is 0. The zero-order valence-electron chi connectivity index (χ0n) is 9.66. The molecule has 0 bridgehead atoms. The second-order valence-electron chi connectivity index (χ2n) is 4.87. The van der Waals surface area contributed by atoms with Crippen LogP contribution in [0.4, 0.5) is 0 Å². The van der Waals surface area contributed by atoms with E-state index in [4.69, 9.17) is 0 Å². The molecule has 1 aromatic rings. The molecule has 0 heterocycles. The summed E-state index contributed by atoms with van der Waals surface area (Å²) in [6, 6.07) is 8.47. The Hall–Kier alpha value is -0.820. The van der Waals surface area contributed by atoms with E-state index in [1.165, 1.54) is 24.8 Å². The highest BCUT2D eigenvalue weighted by Gasteiger charge is 2.40. The molecule has 1 N–H and O–H groups in total. The van der Waals surface area contributed by atoms with Crippen molar-refractivity contribution in [2.24, 2.45) is 5.92 Å². The molecule has 0 radical (unpaired) electrons. The predicted octanol–water partition coefficient (Wildman–Crippen LogP) is 3.26. The van der Waals surface area contributed by atoms with Crippen LogP contribution in [0.5, 0.6) is 0 Å². The molecule has 0 saturated heterocycles. The van der Waals surface area contributed by atoms with E-state index in [0.717, 1.165) is 12.0 Å². The lowest BCUT2D eigenvalue weighted by atomic mass is 9.90. The third-order valence-electron chi connectivity index (χ3n) is 3.45. The van der Waals surface area contributed by atoms with E-state index in [-0.39, 0.29) is 0 Å². The molecule has 0 aromatic heterocycles. The third kappa shape index (κ3) is 2.23. The standard InChI is InChI=1S/C14H20O/c1-3-4-11-5-7-12(8-6-11)14(2,15)13-9-10-13/h5-8,13,15H,3-4,9-10H2,1-2H3/t14-/m0/s1. The fourth-order valence-corrected chi connectivity index (χ4v) is 2.18. The van der Waals surface area contributed by atoms with E-state index < -0.39 is 5.60 Å². The number of aliphatic hydroxyl groups is 1. The Balaban J connectivity index is 2.15. The van der Waals surface area contributed by atoms with E-state index in [1.807, 2.05) is 6.92 Å². The molecule has 2 rings (SSSR count). The molecule has 1 fully saturated rings. The van der Waals surface area contributed by atoms with Crippen LogP contribution in [-0.2, 0) is 12.0 Å². The largest absolute Gasteiger partial charge is 0.385 e. The number of hydrogen-bond acceptors (Lipinski definition) is 1. The van der Waals surface area contributed by atoms with E-state index in [0.29, 0.717) is 5.92 Å². The van der Waals surface area contributed by atoms with Crippen LogP contribution < -0.4 is 0 Å². The third-order valence-corrected chi connectivity index (χ3v) is 3.45. The maximum Gasteiger partial charge on any atom is 0.0896 e. The van der Waals surface area contributed by atoms with Gasteiger partial charge in [0.1, 0.15) is 0 Å². The highest BCUT2D eigenvalue weighted by molar-refractivity contribution is 5.28. The average molecular weight is 204 g/mol. The maximum atomic E-state index is 10.3. The van der Waals surface area contributed by atoms with Crippen LogP contribution in [-0.4, -0.2) is 5.11 Å². The van der Waals surface area contributed by atoms with Gasteiger partial charge < -0.3 is 5.11 Å². The summed E-state index contributed by atoms with van der Waals surface area (Å²) in [5.74, 6) is 0.481. The number of aryl methyl sites for hydroxylation is 1. The van der Waals surface area contributed by atoms with Gasteiger partial charge >= 0.3 is 0 Å². The van der Waals surface area contributed by atoms with Crippen LogP contribution in [0.25, 0.3) is 0 Å². The number of benzene rings is 1. The van der Waals surface area contributed by atoms with Crippen molar-refractivity contribution in [2.75, 3.05) is 0 Å². The molecule has 1 atom stereocenters. The maximum absolute atomic E-state index is 10.3. The van der Waals surface area contributed by atoms with Crippen LogP contribution in [0.2, 0.25) is 0 Å². The SMILES string of the molecule is CCCc1ccc([C@](C)(O)C2CC2)cc1. The first-order valence-corrected chi connectivity index (χ1v) is 5.96. The topological polar surface area (TPSA) is 20.2 Å². The number of rotatable bonds is 4. The molecule has 1 heteroatoms. The van der Waals surface area contributed by atoms with Crippen molar-refractivity contribution in [3.8, 4) is 0 Å². The fraction of sp³-hybridized carbons (Fsp3) is 0.571. The molecular formula is C14H20O. The molecule has 0 spiro atoms. The minimum Gasteiger partial charge on any atom is -0.385 e. The molecule has 1 aromatic carbocycles. The van der Waals surface area contributed by atoms with E-state index in [2.05, 4.69) is 31.2 Å². The minimum absolute atomic E-state index is 0.481. The van der Waals surface area contributed by atoms with Crippen LogP contribution >= 0.6 is 0 Å². The van der Waals surface area contributed by atoms with Crippen molar-refractivity contribution < 1.29 is 5.11 Å². The molecular weight excluding hydrogens is 184 g/mol. The molecule has 1 nitrogen and oxygen atoms in total. The lowest BCUT2D eigenvalue weighted by molar-refractivity contribution is 0.0331. The lowest BCUT2D eigenvalue weighted by Gasteiger charge is -2.23. The first-order valence-electron chi connectivity index (χ1n) is 5.96. The van der Waals surface area contributed by atoms with Crippen LogP contribution in [0.3, 0.4) is 0 Å². The Kier molecular flexibility index (Phi) is 2.83. The summed E-state index contributed by atoms with van der Waals surface area (Å²) in [6.45, 7) is 4.13. The molecule has 0 aliphatic heterocycles. The van der Waals surface area contributed by atoms with Crippen LogP contribution in [0, 0.1) is 5.92 Å². The minimum atomic E-state index is -0.606. The summed E-state index contributed by atoms with van der Waals surface area (Å²) >= 11 is 0. The summed E-state index contributed by atoms with van der Waals surface area (Å²) in [5.41, 5.74) is 1.84. The average Bonchev–Trinajstić information content (AvgIpc) is 3.02. The Morgan fingerprint density at radius 2 is 1.87 bits per heavy atom. The fourth-order valence-electron chi connectivity index (χ4n) is 2.18. The Morgan fingerprint density at radius 3 is 2.33 bits per heavy atom. The van der Waals surface area contributed by atoms with Crippen molar-refractivity contribution >= 4 is 0 Å². The highest BCUT2D eigenvalue weighted by atomic mass is 16.3. The zero-order chi connectivity index (χ0) is 10.9. The van der Waals surface area contributed by atoms with Crippen LogP contribution in [0.15, 0.2) is 24.3 Å². The van der Waals surface area contributed by atoms with Crippen LogP contribution in [0.1, 0.15) is 44.2 Å². The summed E-state index contributed by atoms with van der Waals surface area (Å²) in [4.78, 5) is 0. The van der Waals surface area contributed by atoms with Gasteiger partial charge in [0.2, 0.25) is 0 Å². The Labute approximate surface area is 92.1 Å². The van der Waals surface area contributed by atoms with Crippen molar-refractivity contribution in [1.82, 2.24) is 0 Å². The summed E-state index contributed by atoms with van der Waals surface area (Å²) in [7, 11) is 0. The quantitative estimate of drug-likeness (QED) is 0.798. The van der Waals surface area contributed by atoms with Gasteiger partial charge in [0.15, 0.2) is 0 Å². The van der Waals surface area contributed by atoms with E-state index >= 15 is 0 Å². The molecule has 15 heavy (non-hydrogen) atoms. The molecule has 82 valence electrons. The van der Waals surface area contributed by atoms with Gasteiger partial charge in [-0.25, -0.2) is 0 Å². The van der Waals surface area contributed by atoms with Gasteiger partial charge in [-0.2, -0.15) is 0 Å². The molecule has 0 amide bonds. The monoisotopic (exact) mass is 204 g/mol. The molecule has 1 saturated carbocycles.